The normalized spacial score (nSPS) is 11.1. The van der Waals surface area contributed by atoms with Crippen molar-refractivity contribution in [2.24, 2.45) is 0 Å². The van der Waals surface area contributed by atoms with Crippen LogP contribution in [0.2, 0.25) is 0 Å². The average molecular weight is 517 g/mol. The molecule has 0 aliphatic carbocycles. The zero-order chi connectivity index (χ0) is 25.3. The first-order chi connectivity index (χ1) is 16.8. The first kappa shape index (κ1) is 26.4. The molecule has 0 fully saturated rings. The molecule has 2 N–H and O–H groups in total. The summed E-state index contributed by atoms with van der Waals surface area (Å²) in [4.78, 5) is 13.3. The quantitative estimate of drug-likeness (QED) is 0.351. The van der Waals surface area contributed by atoms with E-state index < -0.39 is 10.0 Å². The van der Waals surface area contributed by atoms with Crippen molar-refractivity contribution in [3.05, 3.63) is 72.3 Å². The van der Waals surface area contributed by atoms with Gasteiger partial charge in [0, 0.05) is 17.1 Å². The van der Waals surface area contributed by atoms with Crippen molar-refractivity contribution < 1.29 is 27.4 Å². The van der Waals surface area contributed by atoms with Crippen LogP contribution >= 0.6 is 11.8 Å². The number of thioether (sulfide) groups is 1. The summed E-state index contributed by atoms with van der Waals surface area (Å²) in [5.74, 6) is 1.28. The molecule has 0 unspecified atom stereocenters. The van der Waals surface area contributed by atoms with E-state index in [4.69, 9.17) is 14.2 Å². The zero-order valence-electron chi connectivity index (χ0n) is 19.7. The first-order valence-electron chi connectivity index (χ1n) is 10.7. The van der Waals surface area contributed by atoms with Gasteiger partial charge in [-0.2, -0.15) is 0 Å². The maximum Gasteiger partial charge on any atom is 0.262 e. The Morgan fingerprint density at radius 1 is 0.943 bits per heavy atom. The van der Waals surface area contributed by atoms with E-state index in [1.54, 1.807) is 38.1 Å². The molecule has 8 nitrogen and oxygen atoms in total. The second kappa shape index (κ2) is 12.5. The minimum absolute atomic E-state index is 0.107. The molecule has 0 aromatic heterocycles. The van der Waals surface area contributed by atoms with E-state index in [0.717, 1.165) is 10.5 Å². The topological polar surface area (TPSA) is 103 Å². The van der Waals surface area contributed by atoms with Crippen LogP contribution in [0.3, 0.4) is 0 Å². The van der Waals surface area contributed by atoms with Crippen molar-refractivity contribution in [1.29, 1.82) is 0 Å². The minimum atomic E-state index is -3.70. The molecule has 1 amide bonds. The van der Waals surface area contributed by atoms with E-state index >= 15 is 0 Å². The van der Waals surface area contributed by atoms with Gasteiger partial charge in [-0.25, -0.2) is 13.1 Å². The maximum absolute atomic E-state index is 12.6. The molecule has 0 saturated heterocycles. The Bertz CT molecular complexity index is 1250. The highest BCUT2D eigenvalue weighted by atomic mass is 32.2. The van der Waals surface area contributed by atoms with Gasteiger partial charge in [0.15, 0.2) is 18.1 Å². The smallest absolute Gasteiger partial charge is 0.262 e. The predicted molar refractivity (Wildman–Crippen MR) is 137 cm³/mol. The SMILES string of the molecule is COc1ccc(CCNS(=O)(=O)c2ccc(OCC(=O)Nc3cccc(SC)c3)cc2)cc1OC. The molecule has 3 rings (SSSR count). The Hall–Kier alpha value is -3.21. The molecule has 3 aromatic rings. The van der Waals surface area contributed by atoms with Crippen LogP contribution in [0.5, 0.6) is 17.2 Å². The molecule has 0 atom stereocenters. The molecular weight excluding hydrogens is 488 g/mol. The Morgan fingerprint density at radius 3 is 2.37 bits per heavy atom. The Labute approximate surface area is 210 Å². The number of ether oxygens (including phenoxy) is 3. The molecule has 0 heterocycles. The minimum Gasteiger partial charge on any atom is -0.493 e. The third-order valence-electron chi connectivity index (χ3n) is 5.01. The second-order valence-corrected chi connectivity index (χ2v) is 10.0. The predicted octanol–water partition coefficient (Wildman–Crippen LogP) is 3.96. The Morgan fingerprint density at radius 2 is 1.69 bits per heavy atom. The number of hydrogen-bond donors (Lipinski definition) is 2. The van der Waals surface area contributed by atoms with Crippen molar-refractivity contribution in [2.75, 3.05) is 38.9 Å². The number of benzene rings is 3. The number of rotatable bonds is 12. The van der Waals surface area contributed by atoms with Crippen LogP contribution in [0, 0.1) is 0 Å². The summed E-state index contributed by atoms with van der Waals surface area (Å²) in [5, 5.41) is 2.77. The molecule has 0 bridgehead atoms. The van der Waals surface area contributed by atoms with Crippen LogP contribution in [0.25, 0.3) is 0 Å². The highest BCUT2D eigenvalue weighted by Crippen LogP contribution is 2.27. The number of anilines is 1. The van der Waals surface area contributed by atoms with Gasteiger partial charge in [0.05, 0.1) is 19.1 Å². The summed E-state index contributed by atoms with van der Waals surface area (Å²) < 4.78 is 43.8. The number of carbonyl (C=O) groups is 1. The summed E-state index contributed by atoms with van der Waals surface area (Å²) >= 11 is 1.58. The van der Waals surface area contributed by atoms with E-state index in [-0.39, 0.29) is 24.0 Å². The summed E-state index contributed by atoms with van der Waals surface area (Å²) in [5.41, 5.74) is 1.60. The van der Waals surface area contributed by atoms with Crippen molar-refractivity contribution in [3.8, 4) is 17.2 Å². The lowest BCUT2D eigenvalue weighted by Crippen LogP contribution is -2.26. The van der Waals surface area contributed by atoms with E-state index in [0.29, 0.717) is 29.4 Å². The lowest BCUT2D eigenvalue weighted by molar-refractivity contribution is -0.118. The number of sulfonamides is 1. The van der Waals surface area contributed by atoms with Gasteiger partial charge >= 0.3 is 0 Å². The molecule has 0 spiro atoms. The summed E-state index contributed by atoms with van der Waals surface area (Å²) in [7, 11) is -0.589. The molecule has 35 heavy (non-hydrogen) atoms. The van der Waals surface area contributed by atoms with Crippen molar-refractivity contribution in [1.82, 2.24) is 4.72 Å². The van der Waals surface area contributed by atoms with Gasteiger partial charge in [0.25, 0.3) is 5.91 Å². The van der Waals surface area contributed by atoms with Crippen LogP contribution in [-0.4, -0.2) is 48.0 Å². The van der Waals surface area contributed by atoms with Crippen molar-refractivity contribution >= 4 is 33.4 Å². The van der Waals surface area contributed by atoms with Crippen LogP contribution in [-0.2, 0) is 21.2 Å². The van der Waals surface area contributed by atoms with Gasteiger partial charge in [-0.3, -0.25) is 4.79 Å². The lowest BCUT2D eigenvalue weighted by atomic mass is 10.1. The molecule has 0 aliphatic rings. The number of carbonyl (C=O) groups excluding carboxylic acids is 1. The zero-order valence-corrected chi connectivity index (χ0v) is 21.4. The Kier molecular flexibility index (Phi) is 9.41. The fourth-order valence-electron chi connectivity index (χ4n) is 3.21. The van der Waals surface area contributed by atoms with Gasteiger partial charge < -0.3 is 19.5 Å². The number of nitrogens with one attached hydrogen (secondary N) is 2. The molecule has 186 valence electrons. The van der Waals surface area contributed by atoms with Gasteiger partial charge in [0.1, 0.15) is 5.75 Å². The largest absolute Gasteiger partial charge is 0.493 e. The standard InChI is InChI=1S/C25H28N2O6S2/c1-31-23-12-7-18(15-24(23)32-2)13-14-26-35(29,30)22-10-8-20(9-11-22)33-17-25(28)27-19-5-4-6-21(16-19)34-3/h4-12,15-16,26H,13-14,17H2,1-3H3,(H,27,28). The fraction of sp³-hybridized carbons (Fsp3) is 0.240. The molecule has 3 aromatic carbocycles. The van der Waals surface area contributed by atoms with Gasteiger partial charge in [-0.15, -0.1) is 11.8 Å². The highest BCUT2D eigenvalue weighted by molar-refractivity contribution is 7.98. The van der Waals surface area contributed by atoms with E-state index in [1.165, 1.54) is 24.3 Å². The number of hydrogen-bond acceptors (Lipinski definition) is 7. The highest BCUT2D eigenvalue weighted by Gasteiger charge is 2.14. The van der Waals surface area contributed by atoms with Crippen molar-refractivity contribution in [2.45, 2.75) is 16.2 Å². The number of methoxy groups -OCH3 is 2. The first-order valence-corrected chi connectivity index (χ1v) is 13.4. The molecule has 10 heteroatoms. The van der Waals surface area contributed by atoms with Crippen LogP contribution < -0.4 is 24.2 Å². The lowest BCUT2D eigenvalue weighted by Gasteiger charge is -2.11. The van der Waals surface area contributed by atoms with Gasteiger partial charge in [-0.05, 0) is 72.8 Å². The monoisotopic (exact) mass is 516 g/mol. The summed E-state index contributed by atoms with van der Waals surface area (Å²) in [6.07, 6.45) is 2.44. The molecule has 0 saturated carbocycles. The number of amides is 1. The second-order valence-electron chi connectivity index (χ2n) is 7.38. The molecule has 0 radical (unpaired) electrons. The Balaban J connectivity index is 1.50. The van der Waals surface area contributed by atoms with Gasteiger partial charge in [0.2, 0.25) is 10.0 Å². The van der Waals surface area contributed by atoms with Crippen LogP contribution in [0.4, 0.5) is 5.69 Å². The van der Waals surface area contributed by atoms with Crippen molar-refractivity contribution in [3.63, 3.8) is 0 Å². The molecular formula is C25H28N2O6S2. The summed E-state index contributed by atoms with van der Waals surface area (Å²) in [6.45, 7) is 0.0210. The third kappa shape index (κ3) is 7.64. The molecule has 0 aliphatic heterocycles. The maximum atomic E-state index is 12.6. The van der Waals surface area contributed by atoms with E-state index in [2.05, 4.69) is 10.0 Å². The van der Waals surface area contributed by atoms with E-state index in [1.807, 2.05) is 36.6 Å². The average Bonchev–Trinajstić information content (AvgIpc) is 2.87. The third-order valence-corrected chi connectivity index (χ3v) is 7.21. The van der Waals surface area contributed by atoms with Gasteiger partial charge in [-0.1, -0.05) is 12.1 Å². The van der Waals surface area contributed by atoms with E-state index in [9.17, 15) is 13.2 Å². The van der Waals surface area contributed by atoms with Crippen LogP contribution in [0.1, 0.15) is 5.56 Å². The summed E-state index contributed by atoms with van der Waals surface area (Å²) in [6, 6.07) is 18.9. The van der Waals surface area contributed by atoms with Crippen LogP contribution in [0.15, 0.2) is 76.5 Å². The fourth-order valence-corrected chi connectivity index (χ4v) is 4.70.